The fourth-order valence-corrected chi connectivity index (χ4v) is 5.10. The van der Waals surface area contributed by atoms with Crippen molar-refractivity contribution in [2.45, 2.75) is 64.3 Å². The summed E-state index contributed by atoms with van der Waals surface area (Å²) in [6.07, 6.45) is -5.05. The average Bonchev–Trinajstić information content (AvgIpc) is 3.28. The van der Waals surface area contributed by atoms with Gasteiger partial charge in [-0.3, -0.25) is 24.0 Å². The normalized spacial score (nSPS) is 22.4. The van der Waals surface area contributed by atoms with E-state index in [0.717, 1.165) is 17.4 Å². The Bertz CT molecular complexity index is 1200. The molecule has 218 valence electrons. The quantitative estimate of drug-likeness (QED) is 0.427. The van der Waals surface area contributed by atoms with E-state index in [1.807, 2.05) is 18.2 Å². The zero-order chi connectivity index (χ0) is 30.0. The molecule has 1 spiro atoms. The van der Waals surface area contributed by atoms with E-state index in [9.17, 15) is 37.1 Å². The van der Waals surface area contributed by atoms with E-state index in [1.165, 1.54) is 11.9 Å². The van der Waals surface area contributed by atoms with E-state index in [1.54, 1.807) is 31.3 Å². The van der Waals surface area contributed by atoms with Gasteiger partial charge < -0.3 is 20.9 Å². The third-order valence-electron chi connectivity index (χ3n) is 7.20. The van der Waals surface area contributed by atoms with Crippen molar-refractivity contribution in [1.29, 1.82) is 0 Å². The summed E-state index contributed by atoms with van der Waals surface area (Å²) in [4.78, 5) is 66.0. The smallest absolute Gasteiger partial charge is 0.368 e. The fourth-order valence-electron chi connectivity index (χ4n) is 5.10. The number of carbonyl (C=O) groups is 5. The second kappa shape index (κ2) is 11.6. The summed E-state index contributed by atoms with van der Waals surface area (Å²) < 4.78 is 38.1. The van der Waals surface area contributed by atoms with E-state index >= 15 is 0 Å². The molecular weight excluding hydrogens is 533 g/mol. The van der Waals surface area contributed by atoms with Crippen molar-refractivity contribution >= 4 is 35.2 Å². The van der Waals surface area contributed by atoms with Gasteiger partial charge in [0.15, 0.2) is 0 Å². The third kappa shape index (κ3) is 6.42. The lowest BCUT2D eigenvalue weighted by atomic mass is 9.77. The molecular formula is C26H33F3N6O5. The molecule has 1 fully saturated rings. The molecule has 2 aliphatic heterocycles. The van der Waals surface area contributed by atoms with Gasteiger partial charge in [-0.25, -0.2) is 5.43 Å². The lowest BCUT2D eigenvalue weighted by molar-refractivity contribution is -0.175. The van der Waals surface area contributed by atoms with Gasteiger partial charge in [-0.1, -0.05) is 44.2 Å². The molecule has 40 heavy (non-hydrogen) atoms. The SMILES string of the molecule is CC(C)C[C@@H](C(=O)N1C[C@]2(CC(c3ccccc3)=NNC2=O)C[C@H]1C(N)=O)N(C)C(=O)[C@H](C)NC(=O)C(F)(F)F. The molecule has 2 heterocycles. The second-order valence-corrected chi connectivity index (χ2v) is 10.7. The number of rotatable bonds is 8. The van der Waals surface area contributed by atoms with E-state index < -0.39 is 59.3 Å². The lowest BCUT2D eigenvalue weighted by Gasteiger charge is -2.35. The summed E-state index contributed by atoms with van der Waals surface area (Å²) >= 11 is 0. The van der Waals surface area contributed by atoms with Crippen LogP contribution in [-0.2, 0) is 24.0 Å². The van der Waals surface area contributed by atoms with E-state index in [-0.39, 0.29) is 31.7 Å². The Kier molecular flexibility index (Phi) is 8.90. The molecule has 0 aliphatic carbocycles. The molecule has 1 aromatic carbocycles. The number of primary amides is 1. The topological polar surface area (TPSA) is 154 Å². The molecule has 1 saturated heterocycles. The zero-order valence-electron chi connectivity index (χ0n) is 22.6. The first-order valence-corrected chi connectivity index (χ1v) is 12.7. The van der Waals surface area contributed by atoms with Crippen molar-refractivity contribution in [3.63, 3.8) is 0 Å². The number of hydrogen-bond acceptors (Lipinski definition) is 6. The Labute approximate surface area is 229 Å². The Hall–Kier alpha value is -3.97. The third-order valence-corrected chi connectivity index (χ3v) is 7.20. The molecule has 0 unspecified atom stereocenters. The molecule has 5 amide bonds. The molecule has 1 aromatic rings. The zero-order valence-corrected chi connectivity index (χ0v) is 22.6. The van der Waals surface area contributed by atoms with Crippen LogP contribution in [-0.4, -0.2) is 82.9 Å². The number of nitrogens with zero attached hydrogens (tertiary/aromatic N) is 3. The van der Waals surface area contributed by atoms with Crippen LogP contribution in [0.15, 0.2) is 35.4 Å². The number of amides is 5. The van der Waals surface area contributed by atoms with Crippen LogP contribution >= 0.6 is 0 Å². The summed E-state index contributed by atoms with van der Waals surface area (Å²) in [5.41, 5.74) is 8.23. The Morgan fingerprint density at radius 2 is 1.82 bits per heavy atom. The highest BCUT2D eigenvalue weighted by Crippen LogP contribution is 2.41. The summed E-state index contributed by atoms with van der Waals surface area (Å²) in [6.45, 7) is 4.45. The number of hydrogen-bond donors (Lipinski definition) is 3. The molecule has 2 aliphatic rings. The molecule has 11 nitrogen and oxygen atoms in total. The molecule has 4 atom stereocenters. The molecule has 0 aromatic heterocycles. The van der Waals surface area contributed by atoms with E-state index in [2.05, 4.69) is 10.5 Å². The van der Waals surface area contributed by atoms with E-state index in [0.29, 0.717) is 5.71 Å². The van der Waals surface area contributed by atoms with Crippen molar-refractivity contribution in [3.05, 3.63) is 35.9 Å². The maximum absolute atomic E-state index is 13.9. The van der Waals surface area contributed by atoms with E-state index in [4.69, 9.17) is 5.73 Å². The molecule has 14 heteroatoms. The summed E-state index contributed by atoms with van der Waals surface area (Å²) in [6, 6.07) is 5.09. The van der Waals surface area contributed by atoms with Crippen molar-refractivity contribution in [2.75, 3.05) is 13.6 Å². The van der Waals surface area contributed by atoms with Crippen LogP contribution in [0.4, 0.5) is 13.2 Å². The largest absolute Gasteiger partial charge is 0.471 e. The van der Waals surface area contributed by atoms with Crippen LogP contribution in [0.5, 0.6) is 0 Å². The second-order valence-electron chi connectivity index (χ2n) is 10.7. The number of carbonyl (C=O) groups excluding carboxylic acids is 5. The highest BCUT2D eigenvalue weighted by Gasteiger charge is 2.55. The van der Waals surface area contributed by atoms with Gasteiger partial charge in [-0.2, -0.15) is 18.3 Å². The number of likely N-dealkylation sites (N-methyl/N-ethyl adjacent to an activating group) is 1. The monoisotopic (exact) mass is 566 g/mol. The van der Waals surface area contributed by atoms with Gasteiger partial charge in [0.05, 0.1) is 11.1 Å². The number of hydrazone groups is 1. The van der Waals surface area contributed by atoms with Gasteiger partial charge >= 0.3 is 12.1 Å². The number of nitrogens with one attached hydrogen (secondary N) is 2. The predicted octanol–water partition coefficient (Wildman–Crippen LogP) is 0.923. The van der Waals surface area contributed by atoms with Crippen LogP contribution < -0.4 is 16.5 Å². The highest BCUT2D eigenvalue weighted by molar-refractivity contribution is 6.07. The average molecular weight is 567 g/mol. The number of alkyl halides is 3. The maximum atomic E-state index is 13.9. The minimum absolute atomic E-state index is 0.0735. The van der Waals surface area contributed by atoms with Crippen LogP contribution in [0, 0.1) is 11.3 Å². The first kappa shape index (κ1) is 30.6. The van der Waals surface area contributed by atoms with Crippen molar-refractivity contribution < 1.29 is 37.1 Å². The minimum Gasteiger partial charge on any atom is -0.368 e. The number of benzene rings is 1. The van der Waals surface area contributed by atoms with Crippen LogP contribution in [0.2, 0.25) is 0 Å². The standard InChI is InChI=1S/C26H33F3N6O5/c1-14(2)10-18(34(4)21(37)15(3)31-24(40)26(27,28)29)22(38)35-13-25(12-19(35)20(30)36)11-17(32-33-23(25)39)16-8-6-5-7-9-16/h5-9,14-15,18-19H,10-13H2,1-4H3,(H2,30,36)(H,31,40)(H,33,39)/t15-,18-,19-,25-/m0/s1. The Morgan fingerprint density at radius 3 is 2.38 bits per heavy atom. The highest BCUT2D eigenvalue weighted by atomic mass is 19.4. The summed E-state index contributed by atoms with van der Waals surface area (Å²) in [5.74, 6) is -5.39. The number of nitrogens with two attached hydrogens (primary N) is 1. The van der Waals surface area contributed by atoms with Crippen LogP contribution in [0.25, 0.3) is 0 Å². The predicted molar refractivity (Wildman–Crippen MR) is 137 cm³/mol. The fraction of sp³-hybridized carbons (Fsp3) is 0.538. The molecule has 4 N–H and O–H groups in total. The summed E-state index contributed by atoms with van der Waals surface area (Å²) in [5, 5.41) is 5.75. The number of likely N-dealkylation sites (tertiary alicyclic amines) is 1. The van der Waals surface area contributed by atoms with Crippen molar-refractivity contribution in [3.8, 4) is 0 Å². The first-order chi connectivity index (χ1) is 18.6. The Balaban J connectivity index is 1.89. The summed E-state index contributed by atoms with van der Waals surface area (Å²) in [7, 11) is 1.24. The molecule has 3 rings (SSSR count). The first-order valence-electron chi connectivity index (χ1n) is 12.7. The van der Waals surface area contributed by atoms with Crippen molar-refractivity contribution in [1.82, 2.24) is 20.5 Å². The van der Waals surface area contributed by atoms with Crippen LogP contribution in [0.3, 0.4) is 0 Å². The minimum atomic E-state index is -5.19. The molecule has 0 radical (unpaired) electrons. The van der Waals surface area contributed by atoms with Gasteiger partial charge in [0.25, 0.3) is 0 Å². The lowest BCUT2D eigenvalue weighted by Crippen LogP contribution is -2.57. The van der Waals surface area contributed by atoms with Gasteiger partial charge in [0, 0.05) is 20.0 Å². The van der Waals surface area contributed by atoms with Gasteiger partial charge in [0.2, 0.25) is 23.6 Å². The maximum Gasteiger partial charge on any atom is 0.471 e. The van der Waals surface area contributed by atoms with Gasteiger partial charge in [0.1, 0.15) is 18.1 Å². The van der Waals surface area contributed by atoms with Gasteiger partial charge in [-0.15, -0.1) is 0 Å². The number of halogens is 3. The van der Waals surface area contributed by atoms with Crippen molar-refractivity contribution in [2.24, 2.45) is 22.2 Å². The van der Waals surface area contributed by atoms with Gasteiger partial charge in [-0.05, 0) is 31.2 Å². The van der Waals surface area contributed by atoms with Crippen LogP contribution in [0.1, 0.15) is 45.6 Å². The molecule has 0 bridgehead atoms. The molecule has 0 saturated carbocycles. The Morgan fingerprint density at radius 1 is 1.20 bits per heavy atom.